The number of nitrogens with one attached hydrogen (secondary N) is 3. The van der Waals surface area contributed by atoms with Crippen molar-refractivity contribution in [3.63, 3.8) is 0 Å². The largest absolute Gasteiger partial charge is 0.459 e. The summed E-state index contributed by atoms with van der Waals surface area (Å²) >= 11 is 0. The molecule has 6 nitrogen and oxygen atoms in total. The fourth-order valence-electron chi connectivity index (χ4n) is 3.40. The molecule has 0 bridgehead atoms. The van der Waals surface area contributed by atoms with Gasteiger partial charge in [-0.1, -0.05) is 19.1 Å². The number of hydrogen-bond donors (Lipinski definition) is 3. The monoisotopic (exact) mass is 369 g/mol. The van der Waals surface area contributed by atoms with Gasteiger partial charge in [-0.15, -0.1) is 0 Å². The van der Waals surface area contributed by atoms with Crippen LogP contribution in [0.4, 0.5) is 5.69 Å². The molecule has 2 atom stereocenters. The van der Waals surface area contributed by atoms with E-state index in [0.29, 0.717) is 30.5 Å². The van der Waals surface area contributed by atoms with Gasteiger partial charge in [0.05, 0.1) is 6.26 Å². The molecule has 1 saturated heterocycles. The third kappa shape index (κ3) is 5.69. The van der Waals surface area contributed by atoms with Crippen molar-refractivity contribution in [2.75, 3.05) is 18.4 Å². The highest BCUT2D eigenvalue weighted by molar-refractivity contribution is 6.02. The first-order chi connectivity index (χ1) is 13.1. The summed E-state index contributed by atoms with van der Waals surface area (Å²) < 4.78 is 5.07. The summed E-state index contributed by atoms with van der Waals surface area (Å²) in [6, 6.07) is 10.7. The van der Waals surface area contributed by atoms with Crippen molar-refractivity contribution in [3.05, 3.63) is 54.0 Å². The topological polar surface area (TPSA) is 83.4 Å². The highest BCUT2D eigenvalue weighted by Crippen LogP contribution is 2.22. The van der Waals surface area contributed by atoms with Crippen molar-refractivity contribution in [3.8, 4) is 0 Å². The number of carbonyl (C=O) groups excluding carboxylic acids is 2. The molecule has 144 valence electrons. The van der Waals surface area contributed by atoms with Crippen LogP contribution < -0.4 is 16.0 Å². The Bertz CT molecular complexity index is 735. The third-order valence-corrected chi connectivity index (χ3v) is 5.09. The molecule has 0 radical (unpaired) electrons. The van der Waals surface area contributed by atoms with Crippen LogP contribution >= 0.6 is 0 Å². The minimum Gasteiger partial charge on any atom is -0.459 e. The van der Waals surface area contributed by atoms with E-state index in [1.807, 2.05) is 24.3 Å². The molecule has 0 spiro atoms. The van der Waals surface area contributed by atoms with Crippen LogP contribution in [0, 0.1) is 11.8 Å². The number of hydrogen-bond acceptors (Lipinski definition) is 4. The maximum Gasteiger partial charge on any atom is 0.291 e. The van der Waals surface area contributed by atoms with E-state index in [0.717, 1.165) is 18.7 Å². The Labute approximate surface area is 159 Å². The number of benzene rings is 1. The van der Waals surface area contributed by atoms with Gasteiger partial charge in [0.1, 0.15) is 0 Å². The van der Waals surface area contributed by atoms with Crippen molar-refractivity contribution >= 4 is 17.5 Å². The zero-order chi connectivity index (χ0) is 19.1. The van der Waals surface area contributed by atoms with Crippen molar-refractivity contribution in [2.45, 2.75) is 32.7 Å². The van der Waals surface area contributed by atoms with Crippen molar-refractivity contribution in [2.24, 2.45) is 11.8 Å². The Morgan fingerprint density at radius 2 is 2.07 bits per heavy atom. The van der Waals surface area contributed by atoms with E-state index >= 15 is 0 Å². The van der Waals surface area contributed by atoms with Crippen molar-refractivity contribution < 1.29 is 14.0 Å². The lowest BCUT2D eigenvalue weighted by atomic mass is 9.85. The molecule has 0 saturated carbocycles. The molecule has 2 heterocycles. The normalized spacial score (nSPS) is 17.9. The standard InChI is InChI=1S/C21H27N3O3/c1-15(17-4-2-10-22-14-17)12-20(25)23-13-16-6-8-18(9-7-16)24-21(26)19-5-3-11-27-19/h3,5-9,11,15,17,22H,2,4,10,12-14H2,1H3,(H,23,25)(H,24,26). The summed E-state index contributed by atoms with van der Waals surface area (Å²) in [5, 5.41) is 9.17. The van der Waals surface area contributed by atoms with Gasteiger partial charge in [0.25, 0.3) is 5.91 Å². The molecular weight excluding hydrogens is 342 g/mol. The Balaban J connectivity index is 1.42. The van der Waals surface area contributed by atoms with Crippen LogP contribution in [-0.4, -0.2) is 24.9 Å². The molecule has 3 N–H and O–H groups in total. The maximum absolute atomic E-state index is 12.2. The molecule has 1 aromatic heterocycles. The van der Waals surface area contributed by atoms with E-state index < -0.39 is 0 Å². The Hall–Kier alpha value is -2.60. The van der Waals surface area contributed by atoms with Gasteiger partial charge in [-0.3, -0.25) is 9.59 Å². The van der Waals surface area contributed by atoms with E-state index in [1.165, 1.54) is 19.1 Å². The summed E-state index contributed by atoms with van der Waals surface area (Å²) in [6.07, 6.45) is 4.42. The van der Waals surface area contributed by atoms with Crippen LogP contribution in [0.15, 0.2) is 47.1 Å². The summed E-state index contributed by atoms with van der Waals surface area (Å²) in [6.45, 7) is 4.75. The Morgan fingerprint density at radius 3 is 2.74 bits per heavy atom. The molecule has 27 heavy (non-hydrogen) atoms. The average Bonchev–Trinajstić information content (AvgIpc) is 3.23. The lowest BCUT2D eigenvalue weighted by Gasteiger charge is -2.28. The molecule has 2 amide bonds. The minimum atomic E-state index is -0.285. The van der Waals surface area contributed by atoms with Crippen LogP contribution in [0.5, 0.6) is 0 Å². The van der Waals surface area contributed by atoms with E-state index in [2.05, 4.69) is 22.9 Å². The summed E-state index contributed by atoms with van der Waals surface area (Å²) in [4.78, 5) is 24.2. The maximum atomic E-state index is 12.2. The number of anilines is 1. The molecule has 1 aliphatic heterocycles. The molecule has 0 aliphatic carbocycles. The Kier molecular flexibility index (Phi) is 6.65. The van der Waals surface area contributed by atoms with Crippen LogP contribution in [0.1, 0.15) is 42.3 Å². The van der Waals surface area contributed by atoms with Gasteiger partial charge in [0.15, 0.2) is 5.76 Å². The number of carbonyl (C=O) groups is 2. The quantitative estimate of drug-likeness (QED) is 0.700. The zero-order valence-electron chi connectivity index (χ0n) is 15.7. The first-order valence-electron chi connectivity index (χ1n) is 9.53. The molecule has 2 aromatic rings. The van der Waals surface area contributed by atoms with Crippen LogP contribution in [0.2, 0.25) is 0 Å². The van der Waals surface area contributed by atoms with Gasteiger partial charge in [0.2, 0.25) is 5.91 Å². The summed E-state index contributed by atoms with van der Waals surface area (Å²) in [7, 11) is 0. The molecular formula is C21H27N3O3. The average molecular weight is 369 g/mol. The highest BCUT2D eigenvalue weighted by atomic mass is 16.3. The molecule has 1 aliphatic rings. The number of rotatable bonds is 7. The number of furan rings is 1. The predicted octanol–water partition coefficient (Wildman–Crippen LogP) is 3.17. The second-order valence-electron chi connectivity index (χ2n) is 7.19. The number of piperidine rings is 1. The molecule has 1 aromatic carbocycles. The van der Waals surface area contributed by atoms with Crippen molar-refractivity contribution in [1.29, 1.82) is 0 Å². The highest BCUT2D eigenvalue weighted by Gasteiger charge is 2.21. The SMILES string of the molecule is CC(CC(=O)NCc1ccc(NC(=O)c2ccco2)cc1)C1CCCNC1. The molecule has 6 heteroatoms. The number of amides is 2. The van der Waals surface area contributed by atoms with E-state index in [4.69, 9.17) is 4.42 Å². The third-order valence-electron chi connectivity index (χ3n) is 5.09. The van der Waals surface area contributed by atoms with Crippen molar-refractivity contribution in [1.82, 2.24) is 10.6 Å². The summed E-state index contributed by atoms with van der Waals surface area (Å²) in [5.41, 5.74) is 1.68. The van der Waals surface area contributed by atoms with Gasteiger partial charge >= 0.3 is 0 Å². The predicted molar refractivity (Wildman–Crippen MR) is 104 cm³/mol. The second-order valence-corrected chi connectivity index (χ2v) is 7.19. The zero-order valence-corrected chi connectivity index (χ0v) is 15.7. The molecule has 1 fully saturated rings. The Morgan fingerprint density at radius 1 is 1.26 bits per heavy atom. The molecule has 2 unspecified atom stereocenters. The van der Waals surface area contributed by atoms with Crippen LogP contribution in [-0.2, 0) is 11.3 Å². The second kappa shape index (κ2) is 9.37. The minimum absolute atomic E-state index is 0.0864. The lowest BCUT2D eigenvalue weighted by Crippen LogP contribution is -2.35. The van der Waals surface area contributed by atoms with Gasteiger partial charge in [-0.2, -0.15) is 0 Å². The lowest BCUT2D eigenvalue weighted by molar-refractivity contribution is -0.122. The first kappa shape index (κ1) is 19.2. The fourth-order valence-corrected chi connectivity index (χ4v) is 3.40. The van der Waals surface area contributed by atoms with Gasteiger partial charge in [-0.05, 0) is 67.6 Å². The van der Waals surface area contributed by atoms with Gasteiger partial charge in [0, 0.05) is 18.7 Å². The van der Waals surface area contributed by atoms with Gasteiger partial charge < -0.3 is 20.4 Å². The van der Waals surface area contributed by atoms with E-state index in [9.17, 15) is 9.59 Å². The van der Waals surface area contributed by atoms with Crippen LogP contribution in [0.3, 0.4) is 0 Å². The smallest absolute Gasteiger partial charge is 0.291 e. The van der Waals surface area contributed by atoms with Crippen LogP contribution in [0.25, 0.3) is 0 Å². The fraction of sp³-hybridized carbons (Fsp3) is 0.429. The van der Waals surface area contributed by atoms with E-state index in [1.54, 1.807) is 12.1 Å². The summed E-state index contributed by atoms with van der Waals surface area (Å²) in [5.74, 6) is 1.04. The first-order valence-corrected chi connectivity index (χ1v) is 9.53. The van der Waals surface area contributed by atoms with Gasteiger partial charge in [-0.25, -0.2) is 0 Å². The molecule has 3 rings (SSSR count). The van der Waals surface area contributed by atoms with E-state index in [-0.39, 0.29) is 17.6 Å².